The molecule has 0 amide bonds. The highest BCUT2D eigenvalue weighted by Gasteiger charge is 2.38. The molecular formula is C12H20OSi. The van der Waals surface area contributed by atoms with Gasteiger partial charge in [-0.15, -0.1) is 0 Å². The first-order chi connectivity index (χ1) is 6.42. The minimum absolute atomic E-state index is 0.121. The van der Waals surface area contributed by atoms with Gasteiger partial charge in [0.15, 0.2) is 0 Å². The van der Waals surface area contributed by atoms with Crippen molar-refractivity contribution in [3.63, 3.8) is 0 Å². The fourth-order valence-electron chi connectivity index (χ4n) is 1.61. The van der Waals surface area contributed by atoms with Gasteiger partial charge in [-0.05, 0) is 17.9 Å². The molecule has 2 heteroatoms. The van der Waals surface area contributed by atoms with Crippen molar-refractivity contribution < 1.29 is 4.43 Å². The van der Waals surface area contributed by atoms with Crippen molar-refractivity contribution in [2.24, 2.45) is 5.41 Å². The van der Waals surface area contributed by atoms with Crippen LogP contribution in [0.4, 0.5) is 0 Å². The highest BCUT2D eigenvalue weighted by Crippen LogP contribution is 2.41. The van der Waals surface area contributed by atoms with Gasteiger partial charge in [-0.1, -0.05) is 51.1 Å². The lowest BCUT2D eigenvalue weighted by molar-refractivity contribution is -0.0149. The second-order valence-corrected chi connectivity index (χ2v) is 5.26. The van der Waals surface area contributed by atoms with E-state index in [2.05, 4.69) is 52.0 Å². The van der Waals surface area contributed by atoms with Gasteiger partial charge in [-0.3, -0.25) is 0 Å². The second-order valence-electron chi connectivity index (χ2n) is 4.85. The van der Waals surface area contributed by atoms with Crippen LogP contribution in [0.3, 0.4) is 0 Å². The van der Waals surface area contributed by atoms with E-state index in [4.69, 9.17) is 4.43 Å². The normalized spacial score (nSPS) is 16.6. The first-order valence-corrected chi connectivity index (χ1v) is 5.84. The third-order valence-electron chi connectivity index (χ3n) is 3.16. The van der Waals surface area contributed by atoms with Gasteiger partial charge in [0.1, 0.15) is 10.5 Å². The molecule has 0 N–H and O–H groups in total. The van der Waals surface area contributed by atoms with Gasteiger partial charge in [0.2, 0.25) is 0 Å². The summed E-state index contributed by atoms with van der Waals surface area (Å²) in [6, 6.07) is 10.5. The molecule has 1 nitrogen and oxygen atoms in total. The minimum Gasteiger partial charge on any atom is -0.418 e. The Bertz CT molecular complexity index is 289. The molecule has 0 saturated carbocycles. The minimum atomic E-state index is -0.166. The summed E-state index contributed by atoms with van der Waals surface area (Å²) in [5, 5.41) is 0. The third-order valence-corrected chi connectivity index (χ3v) is 3.98. The Hall–Kier alpha value is -0.603. The van der Waals surface area contributed by atoms with Crippen LogP contribution < -0.4 is 0 Å². The highest BCUT2D eigenvalue weighted by molar-refractivity contribution is 5.98. The summed E-state index contributed by atoms with van der Waals surface area (Å²) in [4.78, 5) is 0. The summed E-state index contributed by atoms with van der Waals surface area (Å²) in [5.74, 6) is 0. The SMILES string of the molecule is CC(C)(C)C(C)(O[SiH3])c1ccccc1. The van der Waals surface area contributed by atoms with Crippen molar-refractivity contribution in [3.05, 3.63) is 35.9 Å². The Morgan fingerprint density at radius 1 is 1.00 bits per heavy atom. The second kappa shape index (κ2) is 3.87. The maximum Gasteiger partial charge on any atom is 0.147 e. The van der Waals surface area contributed by atoms with Crippen molar-refractivity contribution >= 4 is 10.5 Å². The van der Waals surface area contributed by atoms with E-state index in [1.165, 1.54) is 5.56 Å². The van der Waals surface area contributed by atoms with Crippen LogP contribution in [0.25, 0.3) is 0 Å². The Morgan fingerprint density at radius 2 is 1.50 bits per heavy atom. The number of hydrogen-bond acceptors (Lipinski definition) is 1. The van der Waals surface area contributed by atoms with Crippen molar-refractivity contribution in [3.8, 4) is 0 Å². The molecule has 0 radical (unpaired) electrons. The lowest BCUT2D eigenvalue weighted by atomic mass is 9.73. The molecule has 0 aliphatic rings. The summed E-state index contributed by atoms with van der Waals surface area (Å²) >= 11 is 0. The molecule has 0 fully saturated rings. The summed E-state index contributed by atoms with van der Waals surface area (Å²) < 4.78 is 5.83. The molecule has 0 aliphatic carbocycles. The van der Waals surface area contributed by atoms with E-state index in [0.29, 0.717) is 0 Å². The summed E-state index contributed by atoms with van der Waals surface area (Å²) in [5.41, 5.74) is 1.22. The highest BCUT2D eigenvalue weighted by atomic mass is 28.2. The first kappa shape index (κ1) is 11.5. The molecule has 1 aromatic carbocycles. The van der Waals surface area contributed by atoms with Crippen molar-refractivity contribution in [1.82, 2.24) is 0 Å². The van der Waals surface area contributed by atoms with Crippen LogP contribution in [0, 0.1) is 5.41 Å². The van der Waals surface area contributed by atoms with Crippen LogP contribution in [0.2, 0.25) is 0 Å². The molecule has 1 atom stereocenters. The number of benzene rings is 1. The van der Waals surface area contributed by atoms with Crippen LogP contribution in [-0.4, -0.2) is 10.5 Å². The van der Waals surface area contributed by atoms with E-state index in [1.54, 1.807) is 0 Å². The lowest BCUT2D eigenvalue weighted by Gasteiger charge is -2.41. The number of hydrogen-bond donors (Lipinski definition) is 0. The molecule has 0 saturated heterocycles. The molecule has 0 bridgehead atoms. The average Bonchev–Trinajstić information content (AvgIpc) is 2.16. The molecule has 0 spiro atoms. The van der Waals surface area contributed by atoms with Crippen LogP contribution in [0.5, 0.6) is 0 Å². The largest absolute Gasteiger partial charge is 0.418 e. The monoisotopic (exact) mass is 208 g/mol. The maximum atomic E-state index is 5.83. The Morgan fingerprint density at radius 3 is 1.86 bits per heavy atom. The quantitative estimate of drug-likeness (QED) is 0.677. The molecule has 0 aromatic heterocycles. The fraction of sp³-hybridized carbons (Fsp3) is 0.500. The summed E-state index contributed by atoms with van der Waals surface area (Å²) in [6.45, 7) is 8.84. The van der Waals surface area contributed by atoms with Gasteiger partial charge in [0.05, 0.1) is 5.60 Å². The summed E-state index contributed by atoms with van der Waals surface area (Å²) in [7, 11) is 0.762. The van der Waals surface area contributed by atoms with Gasteiger partial charge in [-0.2, -0.15) is 0 Å². The topological polar surface area (TPSA) is 9.23 Å². The van der Waals surface area contributed by atoms with Gasteiger partial charge in [0.25, 0.3) is 0 Å². The first-order valence-electron chi connectivity index (χ1n) is 5.02. The Labute approximate surface area is 90.0 Å². The number of rotatable bonds is 2. The van der Waals surface area contributed by atoms with E-state index < -0.39 is 0 Å². The van der Waals surface area contributed by atoms with E-state index in [1.807, 2.05) is 6.07 Å². The lowest BCUT2D eigenvalue weighted by Crippen LogP contribution is -2.39. The van der Waals surface area contributed by atoms with Gasteiger partial charge >= 0.3 is 0 Å². The third kappa shape index (κ3) is 1.91. The van der Waals surface area contributed by atoms with E-state index in [9.17, 15) is 0 Å². The van der Waals surface area contributed by atoms with Crippen molar-refractivity contribution in [1.29, 1.82) is 0 Å². The summed E-state index contributed by atoms with van der Waals surface area (Å²) in [6.07, 6.45) is 0. The molecule has 1 unspecified atom stereocenters. The Balaban J connectivity index is 3.15. The predicted octanol–water partition coefficient (Wildman–Crippen LogP) is 2.24. The molecule has 0 aliphatic heterocycles. The zero-order valence-corrected chi connectivity index (χ0v) is 11.8. The average molecular weight is 208 g/mol. The molecule has 78 valence electrons. The zero-order valence-electron chi connectivity index (χ0n) is 9.79. The molecule has 14 heavy (non-hydrogen) atoms. The smallest absolute Gasteiger partial charge is 0.147 e. The zero-order chi connectivity index (χ0) is 10.8. The van der Waals surface area contributed by atoms with Crippen LogP contribution in [0.1, 0.15) is 33.3 Å². The van der Waals surface area contributed by atoms with Gasteiger partial charge in [0, 0.05) is 0 Å². The van der Waals surface area contributed by atoms with Gasteiger partial charge in [-0.25, -0.2) is 0 Å². The standard InChI is InChI=1S/C12H20OSi/c1-11(2,3)12(4,13-14)10-8-6-5-7-9-10/h5-9H,1-4,14H3. The van der Waals surface area contributed by atoms with Crippen molar-refractivity contribution in [2.45, 2.75) is 33.3 Å². The molecule has 0 heterocycles. The van der Waals surface area contributed by atoms with Crippen LogP contribution in [0.15, 0.2) is 30.3 Å². The van der Waals surface area contributed by atoms with Gasteiger partial charge < -0.3 is 4.43 Å². The molecule has 1 aromatic rings. The fourth-order valence-corrected chi connectivity index (χ4v) is 2.46. The van der Waals surface area contributed by atoms with E-state index >= 15 is 0 Å². The van der Waals surface area contributed by atoms with Crippen LogP contribution >= 0.6 is 0 Å². The predicted molar refractivity (Wildman–Crippen MR) is 64.3 cm³/mol. The molecule has 1 rings (SSSR count). The van der Waals surface area contributed by atoms with E-state index in [0.717, 1.165) is 10.5 Å². The van der Waals surface area contributed by atoms with Crippen LogP contribution in [-0.2, 0) is 10.0 Å². The molecular weight excluding hydrogens is 188 g/mol. The van der Waals surface area contributed by atoms with E-state index in [-0.39, 0.29) is 11.0 Å². The maximum absolute atomic E-state index is 5.83. The van der Waals surface area contributed by atoms with Crippen molar-refractivity contribution in [2.75, 3.05) is 0 Å². The Kier molecular flexibility index (Phi) is 3.17.